The van der Waals surface area contributed by atoms with E-state index in [4.69, 9.17) is 0 Å². The van der Waals surface area contributed by atoms with Crippen molar-refractivity contribution in [2.24, 2.45) is 5.41 Å². The molecular weight excluding hydrogens is 238 g/mol. The van der Waals surface area contributed by atoms with Gasteiger partial charge < -0.3 is 10.6 Å². The van der Waals surface area contributed by atoms with Gasteiger partial charge in [-0.3, -0.25) is 9.78 Å². The van der Waals surface area contributed by atoms with Crippen molar-refractivity contribution in [2.45, 2.75) is 44.6 Å². The van der Waals surface area contributed by atoms with Crippen molar-refractivity contribution in [3.8, 4) is 0 Å². The first-order chi connectivity index (χ1) is 9.21. The lowest BCUT2D eigenvalue weighted by atomic mass is 9.83. The second-order valence-electron chi connectivity index (χ2n) is 5.93. The van der Waals surface area contributed by atoms with E-state index in [1.165, 1.54) is 38.5 Å². The molecule has 0 aromatic carbocycles. The molecule has 2 aliphatic rings. The summed E-state index contributed by atoms with van der Waals surface area (Å²) < 4.78 is 0. The largest absolute Gasteiger partial charge is 0.382 e. The molecule has 1 aromatic heterocycles. The Morgan fingerprint density at radius 2 is 2.05 bits per heavy atom. The van der Waals surface area contributed by atoms with Crippen LogP contribution in [0.1, 0.15) is 49.0 Å². The number of carbonyl (C=O) groups is 1. The minimum Gasteiger partial charge on any atom is -0.382 e. The molecule has 0 atom stereocenters. The van der Waals surface area contributed by atoms with Gasteiger partial charge in [0.05, 0.1) is 0 Å². The molecule has 2 N–H and O–H groups in total. The monoisotopic (exact) mass is 259 g/mol. The summed E-state index contributed by atoms with van der Waals surface area (Å²) >= 11 is 0. The van der Waals surface area contributed by atoms with Gasteiger partial charge >= 0.3 is 0 Å². The molecule has 102 valence electrons. The lowest BCUT2D eigenvalue weighted by Gasteiger charge is -2.29. The van der Waals surface area contributed by atoms with E-state index in [1.54, 1.807) is 13.2 Å². The predicted octanol–water partition coefficient (Wildman–Crippen LogP) is 2.58. The molecule has 0 saturated heterocycles. The fraction of sp³-hybridized carbons (Fsp3) is 0.600. The van der Waals surface area contributed by atoms with E-state index >= 15 is 0 Å². The highest BCUT2D eigenvalue weighted by molar-refractivity contribution is 5.92. The summed E-state index contributed by atoms with van der Waals surface area (Å²) in [5, 5.41) is 6.15. The highest BCUT2D eigenvalue weighted by Crippen LogP contribution is 2.56. The van der Waals surface area contributed by atoms with E-state index < -0.39 is 0 Å². The number of rotatable bonds is 3. The molecule has 1 spiro atoms. The molecule has 0 unspecified atom stereocenters. The number of hydrogen-bond donors (Lipinski definition) is 2. The van der Waals surface area contributed by atoms with E-state index in [1.807, 2.05) is 12.1 Å². The van der Waals surface area contributed by atoms with Crippen LogP contribution in [0.2, 0.25) is 0 Å². The summed E-state index contributed by atoms with van der Waals surface area (Å²) in [4.78, 5) is 15.6. The third-order valence-corrected chi connectivity index (χ3v) is 4.59. The van der Waals surface area contributed by atoms with Crippen molar-refractivity contribution >= 4 is 11.6 Å². The summed E-state index contributed by atoms with van der Waals surface area (Å²) in [6, 6.07) is 4.32. The van der Waals surface area contributed by atoms with Crippen molar-refractivity contribution in [3.63, 3.8) is 0 Å². The van der Waals surface area contributed by atoms with Gasteiger partial charge in [-0.2, -0.15) is 0 Å². The molecule has 4 nitrogen and oxygen atoms in total. The summed E-state index contributed by atoms with van der Waals surface area (Å²) in [6.07, 6.45) is 9.79. The standard InChI is InChI=1S/C15H21N3O/c1-16-14(19)13-10-12(4-9-17-13)18-11-2-5-15(6-3-11)7-8-15/h4,9-11H,2-3,5-8H2,1H3,(H,16,19)(H,17,18). The second-order valence-corrected chi connectivity index (χ2v) is 5.93. The van der Waals surface area contributed by atoms with Gasteiger partial charge in [-0.15, -0.1) is 0 Å². The summed E-state index contributed by atoms with van der Waals surface area (Å²) in [6.45, 7) is 0. The molecule has 2 aliphatic carbocycles. The van der Waals surface area contributed by atoms with Crippen LogP contribution in [0, 0.1) is 5.41 Å². The smallest absolute Gasteiger partial charge is 0.269 e. The molecular formula is C15H21N3O. The molecule has 1 heterocycles. The van der Waals surface area contributed by atoms with Crippen LogP contribution in [0.4, 0.5) is 5.69 Å². The number of carbonyl (C=O) groups excluding carboxylic acids is 1. The zero-order valence-corrected chi connectivity index (χ0v) is 11.4. The molecule has 1 aromatic rings. The SMILES string of the molecule is CNC(=O)c1cc(NC2CCC3(CC2)CC3)ccn1. The Morgan fingerprint density at radius 3 is 2.68 bits per heavy atom. The Balaban J connectivity index is 1.61. The first kappa shape index (κ1) is 12.5. The zero-order valence-electron chi connectivity index (χ0n) is 11.4. The molecule has 1 amide bonds. The molecule has 0 radical (unpaired) electrons. The summed E-state index contributed by atoms with van der Waals surface area (Å²) in [5.74, 6) is -0.135. The molecule has 3 rings (SSSR count). The summed E-state index contributed by atoms with van der Waals surface area (Å²) in [7, 11) is 1.63. The number of anilines is 1. The maximum absolute atomic E-state index is 11.5. The molecule has 4 heteroatoms. The van der Waals surface area contributed by atoms with Crippen LogP contribution in [0.5, 0.6) is 0 Å². The minimum absolute atomic E-state index is 0.135. The predicted molar refractivity (Wildman–Crippen MR) is 75.2 cm³/mol. The van der Waals surface area contributed by atoms with Gasteiger partial charge in [-0.25, -0.2) is 0 Å². The average Bonchev–Trinajstić information content (AvgIpc) is 3.21. The molecule has 0 aliphatic heterocycles. The van der Waals surface area contributed by atoms with E-state index in [9.17, 15) is 4.79 Å². The number of amides is 1. The van der Waals surface area contributed by atoms with Crippen LogP contribution in [0.15, 0.2) is 18.3 Å². The zero-order chi connectivity index (χ0) is 13.3. The van der Waals surface area contributed by atoms with Gasteiger partial charge in [-0.1, -0.05) is 0 Å². The van der Waals surface area contributed by atoms with Crippen LogP contribution in [0.25, 0.3) is 0 Å². The van der Waals surface area contributed by atoms with Gasteiger partial charge in [0, 0.05) is 25.0 Å². The minimum atomic E-state index is -0.135. The fourth-order valence-corrected chi connectivity index (χ4v) is 3.06. The van der Waals surface area contributed by atoms with Crippen LogP contribution in [0.3, 0.4) is 0 Å². The number of aromatic nitrogens is 1. The maximum atomic E-state index is 11.5. The van der Waals surface area contributed by atoms with Crippen molar-refractivity contribution in [1.82, 2.24) is 10.3 Å². The van der Waals surface area contributed by atoms with Crippen LogP contribution in [-0.4, -0.2) is 24.0 Å². The maximum Gasteiger partial charge on any atom is 0.269 e. The van der Waals surface area contributed by atoms with E-state index in [0.29, 0.717) is 11.7 Å². The lowest BCUT2D eigenvalue weighted by Crippen LogP contribution is -2.27. The Kier molecular flexibility index (Phi) is 3.17. The number of nitrogens with one attached hydrogen (secondary N) is 2. The van der Waals surface area contributed by atoms with Crippen LogP contribution in [-0.2, 0) is 0 Å². The Labute approximate surface area is 114 Å². The Morgan fingerprint density at radius 1 is 1.32 bits per heavy atom. The quantitative estimate of drug-likeness (QED) is 0.877. The van der Waals surface area contributed by atoms with Gasteiger partial charge in [0.15, 0.2) is 0 Å². The molecule has 0 bridgehead atoms. The lowest BCUT2D eigenvalue weighted by molar-refractivity contribution is 0.0958. The number of nitrogens with zero attached hydrogens (tertiary/aromatic N) is 1. The number of hydrogen-bond acceptors (Lipinski definition) is 3. The van der Waals surface area contributed by atoms with Crippen molar-refractivity contribution < 1.29 is 4.79 Å². The van der Waals surface area contributed by atoms with E-state index in [0.717, 1.165) is 11.1 Å². The fourth-order valence-electron chi connectivity index (χ4n) is 3.06. The highest BCUT2D eigenvalue weighted by Gasteiger charge is 2.44. The van der Waals surface area contributed by atoms with Crippen molar-refractivity contribution in [1.29, 1.82) is 0 Å². The normalized spacial score (nSPS) is 21.1. The van der Waals surface area contributed by atoms with Gasteiger partial charge in [-0.05, 0) is 56.1 Å². The van der Waals surface area contributed by atoms with Crippen LogP contribution < -0.4 is 10.6 Å². The first-order valence-electron chi connectivity index (χ1n) is 7.15. The first-order valence-corrected chi connectivity index (χ1v) is 7.15. The van der Waals surface area contributed by atoms with Gasteiger partial charge in [0.2, 0.25) is 0 Å². The Hall–Kier alpha value is -1.58. The third-order valence-electron chi connectivity index (χ3n) is 4.59. The van der Waals surface area contributed by atoms with Crippen molar-refractivity contribution in [3.05, 3.63) is 24.0 Å². The Bertz CT molecular complexity index is 472. The van der Waals surface area contributed by atoms with Crippen LogP contribution >= 0.6 is 0 Å². The molecule has 19 heavy (non-hydrogen) atoms. The van der Waals surface area contributed by atoms with E-state index in [-0.39, 0.29) is 5.91 Å². The highest BCUT2D eigenvalue weighted by atomic mass is 16.1. The second kappa shape index (κ2) is 4.83. The van der Waals surface area contributed by atoms with Gasteiger partial charge in [0.25, 0.3) is 5.91 Å². The molecule has 2 saturated carbocycles. The van der Waals surface area contributed by atoms with E-state index in [2.05, 4.69) is 15.6 Å². The average molecular weight is 259 g/mol. The third kappa shape index (κ3) is 2.72. The number of pyridine rings is 1. The summed E-state index contributed by atoms with van der Waals surface area (Å²) in [5.41, 5.74) is 2.20. The van der Waals surface area contributed by atoms with Crippen molar-refractivity contribution in [2.75, 3.05) is 12.4 Å². The van der Waals surface area contributed by atoms with Gasteiger partial charge in [0.1, 0.15) is 5.69 Å². The topological polar surface area (TPSA) is 54.0 Å². The molecule has 2 fully saturated rings.